The number of rotatable bonds is 5. The Kier molecular flexibility index (Phi) is 5.77. The number of amides is 1. The van der Waals surface area contributed by atoms with Crippen molar-refractivity contribution in [3.05, 3.63) is 0 Å². The molecule has 1 atom stereocenters. The lowest BCUT2D eigenvalue weighted by Gasteiger charge is -2.33. The van der Waals surface area contributed by atoms with E-state index in [1.807, 2.05) is 0 Å². The molecular weight excluding hydrogens is 202 g/mol. The summed E-state index contributed by atoms with van der Waals surface area (Å²) in [5.74, 6) is 0.813. The van der Waals surface area contributed by atoms with Crippen LogP contribution >= 0.6 is 0 Å². The van der Waals surface area contributed by atoms with Crippen molar-refractivity contribution >= 4 is 5.91 Å². The van der Waals surface area contributed by atoms with Crippen LogP contribution in [0.3, 0.4) is 0 Å². The first-order valence-electron chi connectivity index (χ1n) is 6.31. The van der Waals surface area contributed by atoms with E-state index in [0.29, 0.717) is 18.5 Å². The van der Waals surface area contributed by atoms with E-state index in [2.05, 4.69) is 36.3 Å². The molecule has 1 aliphatic rings. The van der Waals surface area contributed by atoms with Gasteiger partial charge in [0.2, 0.25) is 5.91 Å². The number of nitrogens with one attached hydrogen (secondary N) is 2. The Bertz CT molecular complexity index is 218. The molecule has 1 rings (SSSR count). The van der Waals surface area contributed by atoms with Crippen molar-refractivity contribution in [1.29, 1.82) is 0 Å². The fraction of sp³-hybridized carbons (Fsp3) is 0.917. The average molecular weight is 227 g/mol. The smallest absolute Gasteiger partial charge is 0.234 e. The SMILES string of the molecule is CC(C)CCNC(=O)CN1CCNC[C@H]1C. The van der Waals surface area contributed by atoms with Crippen molar-refractivity contribution in [3.63, 3.8) is 0 Å². The van der Waals surface area contributed by atoms with E-state index < -0.39 is 0 Å². The molecule has 16 heavy (non-hydrogen) atoms. The molecule has 1 heterocycles. The highest BCUT2D eigenvalue weighted by Crippen LogP contribution is 2.01. The fourth-order valence-electron chi connectivity index (χ4n) is 1.86. The number of carbonyl (C=O) groups excluding carboxylic acids is 1. The van der Waals surface area contributed by atoms with Crippen LogP contribution in [-0.4, -0.2) is 49.6 Å². The largest absolute Gasteiger partial charge is 0.355 e. The van der Waals surface area contributed by atoms with Crippen molar-refractivity contribution < 1.29 is 4.79 Å². The fourth-order valence-corrected chi connectivity index (χ4v) is 1.86. The minimum absolute atomic E-state index is 0.161. The molecule has 1 fully saturated rings. The Morgan fingerprint density at radius 3 is 2.94 bits per heavy atom. The third-order valence-electron chi connectivity index (χ3n) is 3.03. The molecule has 0 saturated carbocycles. The van der Waals surface area contributed by atoms with Crippen LogP contribution < -0.4 is 10.6 Å². The first-order chi connectivity index (χ1) is 7.59. The molecule has 0 aromatic carbocycles. The minimum atomic E-state index is 0.161. The van der Waals surface area contributed by atoms with Crippen molar-refractivity contribution in [1.82, 2.24) is 15.5 Å². The van der Waals surface area contributed by atoms with Crippen molar-refractivity contribution in [2.75, 3.05) is 32.7 Å². The van der Waals surface area contributed by atoms with Gasteiger partial charge in [-0.15, -0.1) is 0 Å². The second-order valence-electron chi connectivity index (χ2n) is 5.06. The van der Waals surface area contributed by atoms with Gasteiger partial charge in [0.15, 0.2) is 0 Å². The molecule has 4 heteroatoms. The van der Waals surface area contributed by atoms with Crippen LogP contribution in [0.5, 0.6) is 0 Å². The van der Waals surface area contributed by atoms with Crippen LogP contribution in [0, 0.1) is 5.92 Å². The highest BCUT2D eigenvalue weighted by molar-refractivity contribution is 5.78. The second-order valence-corrected chi connectivity index (χ2v) is 5.06. The molecule has 0 unspecified atom stereocenters. The number of nitrogens with zero attached hydrogens (tertiary/aromatic N) is 1. The van der Waals surface area contributed by atoms with Gasteiger partial charge in [0.25, 0.3) is 0 Å². The van der Waals surface area contributed by atoms with Crippen molar-refractivity contribution in [2.45, 2.75) is 33.2 Å². The van der Waals surface area contributed by atoms with E-state index in [1.165, 1.54) is 0 Å². The van der Waals surface area contributed by atoms with E-state index in [0.717, 1.165) is 32.6 Å². The molecule has 0 aliphatic carbocycles. The van der Waals surface area contributed by atoms with Gasteiger partial charge in [0, 0.05) is 32.2 Å². The maximum absolute atomic E-state index is 11.7. The lowest BCUT2D eigenvalue weighted by Crippen LogP contribution is -2.52. The lowest BCUT2D eigenvalue weighted by atomic mass is 10.1. The number of piperazine rings is 1. The van der Waals surface area contributed by atoms with Gasteiger partial charge in [-0.05, 0) is 19.3 Å². The molecule has 0 aromatic rings. The molecule has 0 aromatic heterocycles. The molecule has 1 saturated heterocycles. The second kappa shape index (κ2) is 6.86. The number of carbonyl (C=O) groups is 1. The molecular formula is C12H25N3O. The van der Waals surface area contributed by atoms with E-state index in [4.69, 9.17) is 0 Å². The molecule has 0 spiro atoms. The van der Waals surface area contributed by atoms with Gasteiger partial charge in [-0.1, -0.05) is 13.8 Å². The lowest BCUT2D eigenvalue weighted by molar-refractivity contribution is -0.122. The quantitative estimate of drug-likeness (QED) is 0.716. The zero-order chi connectivity index (χ0) is 12.0. The third kappa shape index (κ3) is 4.94. The summed E-state index contributed by atoms with van der Waals surface area (Å²) < 4.78 is 0. The summed E-state index contributed by atoms with van der Waals surface area (Å²) >= 11 is 0. The monoisotopic (exact) mass is 227 g/mol. The number of hydrogen-bond donors (Lipinski definition) is 2. The maximum atomic E-state index is 11.7. The normalized spacial score (nSPS) is 22.4. The summed E-state index contributed by atoms with van der Waals surface area (Å²) in [6, 6.07) is 0.463. The van der Waals surface area contributed by atoms with Crippen LogP contribution in [0.25, 0.3) is 0 Å². The Labute approximate surface area is 98.8 Å². The summed E-state index contributed by atoms with van der Waals surface area (Å²) in [5.41, 5.74) is 0. The Balaban J connectivity index is 2.17. The third-order valence-corrected chi connectivity index (χ3v) is 3.03. The van der Waals surface area contributed by atoms with Crippen LogP contribution in [0.2, 0.25) is 0 Å². The van der Waals surface area contributed by atoms with Gasteiger partial charge in [-0.25, -0.2) is 0 Å². The maximum Gasteiger partial charge on any atom is 0.234 e. The van der Waals surface area contributed by atoms with E-state index in [1.54, 1.807) is 0 Å². The zero-order valence-electron chi connectivity index (χ0n) is 10.8. The van der Waals surface area contributed by atoms with Gasteiger partial charge >= 0.3 is 0 Å². The van der Waals surface area contributed by atoms with Crippen molar-refractivity contribution in [2.24, 2.45) is 5.92 Å². The summed E-state index contributed by atoms with van der Waals surface area (Å²) in [7, 11) is 0. The van der Waals surface area contributed by atoms with E-state index >= 15 is 0 Å². The standard InChI is InChI=1S/C12H25N3O/c1-10(2)4-5-14-12(16)9-15-7-6-13-8-11(15)3/h10-11,13H,4-9H2,1-3H3,(H,14,16)/t11-/m1/s1. The molecule has 94 valence electrons. The van der Waals surface area contributed by atoms with E-state index in [-0.39, 0.29) is 5.91 Å². The predicted molar refractivity (Wildman–Crippen MR) is 66.4 cm³/mol. The Morgan fingerprint density at radius 1 is 1.56 bits per heavy atom. The minimum Gasteiger partial charge on any atom is -0.355 e. The summed E-state index contributed by atoms with van der Waals surface area (Å²) in [5, 5.41) is 6.30. The molecule has 1 amide bonds. The van der Waals surface area contributed by atoms with Gasteiger partial charge in [-0.3, -0.25) is 9.69 Å². The topological polar surface area (TPSA) is 44.4 Å². The predicted octanol–water partition coefficient (Wildman–Crippen LogP) is 0.442. The summed E-state index contributed by atoms with van der Waals surface area (Å²) in [4.78, 5) is 13.9. The Morgan fingerprint density at radius 2 is 2.31 bits per heavy atom. The first-order valence-corrected chi connectivity index (χ1v) is 6.31. The Hall–Kier alpha value is -0.610. The van der Waals surface area contributed by atoms with Crippen LogP contribution in [0.4, 0.5) is 0 Å². The molecule has 2 N–H and O–H groups in total. The zero-order valence-corrected chi connectivity index (χ0v) is 10.8. The molecule has 0 bridgehead atoms. The summed E-state index contributed by atoms with van der Waals surface area (Å²) in [6.07, 6.45) is 1.06. The van der Waals surface area contributed by atoms with E-state index in [9.17, 15) is 4.79 Å². The van der Waals surface area contributed by atoms with Gasteiger partial charge in [-0.2, -0.15) is 0 Å². The van der Waals surface area contributed by atoms with Crippen LogP contribution in [0.1, 0.15) is 27.2 Å². The van der Waals surface area contributed by atoms with Crippen LogP contribution in [-0.2, 0) is 4.79 Å². The van der Waals surface area contributed by atoms with Gasteiger partial charge in [0.05, 0.1) is 6.54 Å². The molecule has 0 radical (unpaired) electrons. The van der Waals surface area contributed by atoms with Gasteiger partial charge < -0.3 is 10.6 Å². The average Bonchev–Trinajstić information content (AvgIpc) is 2.21. The van der Waals surface area contributed by atoms with Crippen LogP contribution in [0.15, 0.2) is 0 Å². The molecule has 1 aliphatic heterocycles. The van der Waals surface area contributed by atoms with Gasteiger partial charge in [0.1, 0.15) is 0 Å². The summed E-state index contributed by atoms with van der Waals surface area (Å²) in [6.45, 7) is 10.8. The van der Waals surface area contributed by atoms with Crippen molar-refractivity contribution in [3.8, 4) is 0 Å². The highest BCUT2D eigenvalue weighted by atomic mass is 16.2. The number of hydrogen-bond acceptors (Lipinski definition) is 3. The highest BCUT2D eigenvalue weighted by Gasteiger charge is 2.19. The molecule has 4 nitrogen and oxygen atoms in total. The first kappa shape index (κ1) is 13.5.